The Bertz CT molecular complexity index is 801. The summed E-state index contributed by atoms with van der Waals surface area (Å²) in [6.07, 6.45) is 5.44. The van der Waals surface area contributed by atoms with E-state index in [0.29, 0.717) is 19.5 Å². The summed E-state index contributed by atoms with van der Waals surface area (Å²) in [6.45, 7) is 3.14. The Balaban J connectivity index is 1.85. The van der Waals surface area contributed by atoms with Crippen LogP contribution in [0.2, 0.25) is 0 Å². The van der Waals surface area contributed by atoms with E-state index < -0.39 is 10.0 Å². The number of rotatable bonds is 6. The SMILES string of the molecule is CCn1cc(S(=O)(=O)N2CCC[C@@H]2Cc2ccccc2OC)cn1. The highest BCUT2D eigenvalue weighted by molar-refractivity contribution is 7.89. The molecule has 6 nitrogen and oxygen atoms in total. The molecule has 1 saturated heterocycles. The number of aryl methyl sites for hydroxylation is 1. The van der Waals surface area contributed by atoms with Gasteiger partial charge in [-0.2, -0.15) is 9.40 Å². The van der Waals surface area contributed by atoms with Gasteiger partial charge in [-0.25, -0.2) is 8.42 Å². The first-order chi connectivity index (χ1) is 11.6. The molecule has 2 aromatic rings. The summed E-state index contributed by atoms with van der Waals surface area (Å²) >= 11 is 0. The number of sulfonamides is 1. The molecule has 1 aromatic heterocycles. The average Bonchev–Trinajstić information content (AvgIpc) is 3.25. The quantitative estimate of drug-likeness (QED) is 0.803. The van der Waals surface area contributed by atoms with Crippen LogP contribution in [0.25, 0.3) is 0 Å². The second-order valence-electron chi connectivity index (χ2n) is 5.96. The Morgan fingerprint density at radius 1 is 1.33 bits per heavy atom. The van der Waals surface area contributed by atoms with Crippen LogP contribution in [0.5, 0.6) is 5.75 Å². The number of para-hydroxylation sites is 1. The Kier molecular flexibility index (Phi) is 4.91. The maximum absolute atomic E-state index is 13.0. The van der Waals surface area contributed by atoms with E-state index in [9.17, 15) is 8.42 Å². The fourth-order valence-corrected chi connectivity index (χ4v) is 4.89. The van der Waals surface area contributed by atoms with Crippen molar-refractivity contribution in [3.05, 3.63) is 42.2 Å². The predicted octanol–water partition coefficient (Wildman–Crippen LogP) is 2.31. The topological polar surface area (TPSA) is 64.4 Å². The highest BCUT2D eigenvalue weighted by Crippen LogP contribution is 2.30. The van der Waals surface area contributed by atoms with Crippen molar-refractivity contribution in [2.45, 2.75) is 43.7 Å². The molecule has 1 aliphatic heterocycles. The van der Waals surface area contributed by atoms with Gasteiger partial charge in [-0.1, -0.05) is 18.2 Å². The number of ether oxygens (including phenoxy) is 1. The molecule has 0 N–H and O–H groups in total. The van der Waals surface area contributed by atoms with Crippen molar-refractivity contribution in [3.63, 3.8) is 0 Å². The molecule has 0 bridgehead atoms. The van der Waals surface area contributed by atoms with Crippen LogP contribution >= 0.6 is 0 Å². The van der Waals surface area contributed by atoms with Crippen LogP contribution in [0, 0.1) is 0 Å². The Morgan fingerprint density at radius 3 is 2.83 bits per heavy atom. The van der Waals surface area contributed by atoms with Crippen molar-refractivity contribution in [1.82, 2.24) is 14.1 Å². The van der Waals surface area contributed by atoms with E-state index in [2.05, 4.69) is 5.10 Å². The second-order valence-corrected chi connectivity index (χ2v) is 7.85. The lowest BCUT2D eigenvalue weighted by Gasteiger charge is -2.24. The molecule has 1 aliphatic rings. The summed E-state index contributed by atoms with van der Waals surface area (Å²) < 4.78 is 34.6. The Morgan fingerprint density at radius 2 is 2.12 bits per heavy atom. The molecule has 1 fully saturated rings. The van der Waals surface area contributed by atoms with Gasteiger partial charge in [0.1, 0.15) is 10.6 Å². The first kappa shape index (κ1) is 17.0. The molecule has 1 aromatic carbocycles. The van der Waals surface area contributed by atoms with Crippen molar-refractivity contribution in [1.29, 1.82) is 0 Å². The van der Waals surface area contributed by atoms with Crippen LogP contribution in [-0.2, 0) is 23.0 Å². The van der Waals surface area contributed by atoms with Crippen LogP contribution in [0.15, 0.2) is 41.6 Å². The number of methoxy groups -OCH3 is 1. The molecule has 1 atom stereocenters. The first-order valence-corrected chi connectivity index (χ1v) is 9.66. The van der Waals surface area contributed by atoms with Crippen LogP contribution in [0.4, 0.5) is 0 Å². The van der Waals surface area contributed by atoms with Gasteiger partial charge in [0.2, 0.25) is 10.0 Å². The molecule has 0 unspecified atom stereocenters. The first-order valence-electron chi connectivity index (χ1n) is 8.22. The molecule has 0 spiro atoms. The van der Waals surface area contributed by atoms with Gasteiger partial charge >= 0.3 is 0 Å². The number of aromatic nitrogens is 2. The summed E-state index contributed by atoms with van der Waals surface area (Å²) in [5.41, 5.74) is 1.04. The van der Waals surface area contributed by atoms with E-state index in [1.807, 2.05) is 31.2 Å². The minimum Gasteiger partial charge on any atom is -0.496 e. The molecule has 0 amide bonds. The zero-order valence-corrected chi connectivity index (χ0v) is 14.9. The zero-order valence-electron chi connectivity index (χ0n) is 14.1. The van der Waals surface area contributed by atoms with Gasteiger partial charge < -0.3 is 4.74 Å². The maximum atomic E-state index is 13.0. The summed E-state index contributed by atoms with van der Waals surface area (Å²) in [6, 6.07) is 7.74. The number of nitrogens with zero attached hydrogens (tertiary/aromatic N) is 3. The third-order valence-electron chi connectivity index (χ3n) is 4.51. The fourth-order valence-electron chi connectivity index (χ4n) is 3.24. The molecule has 7 heteroatoms. The maximum Gasteiger partial charge on any atom is 0.246 e. The van der Waals surface area contributed by atoms with Gasteiger partial charge in [0.15, 0.2) is 0 Å². The van der Waals surface area contributed by atoms with Crippen molar-refractivity contribution in [2.24, 2.45) is 0 Å². The smallest absolute Gasteiger partial charge is 0.246 e. The van der Waals surface area contributed by atoms with E-state index in [4.69, 9.17) is 4.74 Å². The summed E-state index contributed by atoms with van der Waals surface area (Å²) in [4.78, 5) is 0.274. The van der Waals surface area contributed by atoms with E-state index in [0.717, 1.165) is 24.2 Å². The predicted molar refractivity (Wildman–Crippen MR) is 91.5 cm³/mol. The van der Waals surface area contributed by atoms with E-state index in [1.54, 1.807) is 22.3 Å². The lowest BCUT2D eigenvalue weighted by molar-refractivity contribution is 0.373. The van der Waals surface area contributed by atoms with E-state index >= 15 is 0 Å². The minimum atomic E-state index is -3.51. The summed E-state index contributed by atoms with van der Waals surface area (Å²) in [5, 5.41) is 4.10. The molecular weight excluding hydrogens is 326 g/mol. The van der Waals surface area contributed by atoms with Crippen LogP contribution in [-0.4, -0.2) is 42.2 Å². The van der Waals surface area contributed by atoms with E-state index in [-0.39, 0.29) is 10.9 Å². The molecular formula is C17H23N3O3S. The highest BCUT2D eigenvalue weighted by Gasteiger charge is 2.36. The third kappa shape index (κ3) is 3.18. The molecule has 0 saturated carbocycles. The number of benzene rings is 1. The average molecular weight is 349 g/mol. The molecule has 130 valence electrons. The number of hydrogen-bond acceptors (Lipinski definition) is 4. The van der Waals surface area contributed by atoms with Crippen molar-refractivity contribution < 1.29 is 13.2 Å². The lowest BCUT2D eigenvalue weighted by atomic mass is 10.0. The molecule has 0 radical (unpaired) electrons. The molecule has 0 aliphatic carbocycles. The fraction of sp³-hybridized carbons (Fsp3) is 0.471. The number of hydrogen-bond donors (Lipinski definition) is 0. The van der Waals surface area contributed by atoms with Gasteiger partial charge in [0, 0.05) is 25.3 Å². The summed E-state index contributed by atoms with van der Waals surface area (Å²) in [5.74, 6) is 0.806. The summed E-state index contributed by atoms with van der Waals surface area (Å²) in [7, 11) is -1.87. The standard InChI is InChI=1S/C17H23N3O3S/c1-3-19-13-16(12-18-19)24(21,22)20-10-6-8-15(20)11-14-7-4-5-9-17(14)23-2/h4-5,7,9,12-13,15H,3,6,8,10-11H2,1-2H3/t15-/m1/s1. The van der Waals surface area contributed by atoms with E-state index in [1.165, 1.54) is 6.20 Å². The van der Waals surface area contributed by atoms with Crippen LogP contribution in [0.3, 0.4) is 0 Å². The molecule has 2 heterocycles. The largest absolute Gasteiger partial charge is 0.496 e. The minimum absolute atomic E-state index is 0.0451. The van der Waals surface area contributed by atoms with Crippen LogP contribution in [0.1, 0.15) is 25.3 Å². The van der Waals surface area contributed by atoms with Crippen molar-refractivity contribution in [3.8, 4) is 5.75 Å². The van der Waals surface area contributed by atoms with Gasteiger partial charge in [0.05, 0.1) is 13.3 Å². The lowest BCUT2D eigenvalue weighted by Crippen LogP contribution is -2.36. The normalized spacial score (nSPS) is 18.8. The van der Waals surface area contributed by atoms with Crippen molar-refractivity contribution >= 4 is 10.0 Å². The Hall–Kier alpha value is -1.86. The van der Waals surface area contributed by atoms with Gasteiger partial charge in [-0.3, -0.25) is 4.68 Å². The third-order valence-corrected chi connectivity index (χ3v) is 6.42. The van der Waals surface area contributed by atoms with Gasteiger partial charge in [0.25, 0.3) is 0 Å². The van der Waals surface area contributed by atoms with Gasteiger partial charge in [-0.05, 0) is 37.8 Å². The Labute approximate surface area is 143 Å². The zero-order chi connectivity index (χ0) is 17.2. The monoisotopic (exact) mass is 349 g/mol. The highest BCUT2D eigenvalue weighted by atomic mass is 32.2. The molecule has 24 heavy (non-hydrogen) atoms. The van der Waals surface area contributed by atoms with Crippen molar-refractivity contribution in [2.75, 3.05) is 13.7 Å². The van der Waals surface area contributed by atoms with Gasteiger partial charge in [-0.15, -0.1) is 0 Å². The van der Waals surface area contributed by atoms with Crippen LogP contribution < -0.4 is 4.74 Å². The molecule has 3 rings (SSSR count). The second kappa shape index (κ2) is 6.94.